The van der Waals surface area contributed by atoms with Gasteiger partial charge in [-0.2, -0.15) is 0 Å². The number of sulfonamides is 1. The van der Waals surface area contributed by atoms with Crippen LogP contribution in [0.25, 0.3) is 0 Å². The molecule has 0 fully saturated rings. The summed E-state index contributed by atoms with van der Waals surface area (Å²) in [4.78, 5) is 4.24. The van der Waals surface area contributed by atoms with Crippen molar-refractivity contribution in [2.24, 2.45) is 0 Å². The van der Waals surface area contributed by atoms with Crippen molar-refractivity contribution in [3.8, 4) is 5.75 Å². The number of aryl methyl sites for hydroxylation is 1. The number of hydrogen-bond donors (Lipinski definition) is 1. The van der Waals surface area contributed by atoms with Gasteiger partial charge in [0.2, 0.25) is 0 Å². The van der Waals surface area contributed by atoms with Gasteiger partial charge in [-0.05, 0) is 47.1 Å². The van der Waals surface area contributed by atoms with Gasteiger partial charge in [0.1, 0.15) is 15.2 Å². The van der Waals surface area contributed by atoms with Crippen LogP contribution in [-0.2, 0) is 10.0 Å². The van der Waals surface area contributed by atoms with Gasteiger partial charge < -0.3 is 4.74 Å². The number of ether oxygens (including phenoxy) is 1. The molecule has 0 spiro atoms. The van der Waals surface area contributed by atoms with E-state index in [0.717, 1.165) is 0 Å². The molecule has 0 saturated heterocycles. The summed E-state index contributed by atoms with van der Waals surface area (Å²) in [6, 6.07) is 9.77. The van der Waals surface area contributed by atoms with Crippen LogP contribution >= 0.6 is 15.9 Å². The van der Waals surface area contributed by atoms with E-state index in [4.69, 9.17) is 4.74 Å². The number of rotatable bonds is 4. The van der Waals surface area contributed by atoms with Crippen LogP contribution < -0.4 is 9.46 Å². The number of halogens is 1. The van der Waals surface area contributed by atoms with Crippen molar-refractivity contribution < 1.29 is 13.2 Å². The molecule has 0 aliphatic carbocycles. The number of para-hydroxylation sites is 1. The maximum atomic E-state index is 12.4. The van der Waals surface area contributed by atoms with E-state index in [0.29, 0.717) is 21.7 Å². The lowest BCUT2D eigenvalue weighted by molar-refractivity contribution is 0.403. The summed E-state index contributed by atoms with van der Waals surface area (Å²) in [5, 5.41) is 0. The largest absolute Gasteiger partial charge is 0.495 e. The number of hydrogen-bond acceptors (Lipinski definition) is 4. The minimum Gasteiger partial charge on any atom is -0.495 e. The molecule has 7 heteroatoms. The Balaban J connectivity index is 2.41. The van der Waals surface area contributed by atoms with E-state index in [1.807, 2.05) is 0 Å². The molecular formula is C13H13BrN2O3S. The maximum absolute atomic E-state index is 12.4. The van der Waals surface area contributed by atoms with Gasteiger partial charge in [0.25, 0.3) is 10.0 Å². The smallest absolute Gasteiger partial charge is 0.265 e. The fourth-order valence-electron chi connectivity index (χ4n) is 1.68. The molecule has 1 aromatic carbocycles. The number of methoxy groups -OCH3 is 1. The highest BCUT2D eigenvalue weighted by atomic mass is 79.9. The van der Waals surface area contributed by atoms with Gasteiger partial charge in [-0.15, -0.1) is 0 Å². The molecule has 1 N–H and O–H groups in total. The van der Waals surface area contributed by atoms with Crippen LogP contribution in [0.2, 0.25) is 0 Å². The normalized spacial score (nSPS) is 11.2. The number of nitrogens with zero attached hydrogens (tertiary/aromatic N) is 1. The summed E-state index contributed by atoms with van der Waals surface area (Å²) in [5.74, 6) is 0.294. The second-order valence-electron chi connectivity index (χ2n) is 4.02. The first-order valence-corrected chi connectivity index (χ1v) is 8.00. The average Bonchev–Trinajstić information content (AvgIpc) is 2.42. The molecule has 0 bridgehead atoms. The first-order valence-electron chi connectivity index (χ1n) is 5.73. The number of nitrogens with one attached hydrogen (secondary N) is 1. The molecule has 106 valence electrons. The number of benzene rings is 1. The maximum Gasteiger partial charge on any atom is 0.265 e. The topological polar surface area (TPSA) is 68.3 Å². The summed E-state index contributed by atoms with van der Waals surface area (Å²) in [6.45, 7) is 1.73. The Hall–Kier alpha value is -1.60. The second-order valence-corrected chi connectivity index (χ2v) is 6.49. The Kier molecular flexibility index (Phi) is 4.29. The van der Waals surface area contributed by atoms with E-state index >= 15 is 0 Å². The van der Waals surface area contributed by atoms with Gasteiger partial charge in [0, 0.05) is 0 Å². The first-order chi connectivity index (χ1) is 9.44. The molecule has 2 rings (SSSR count). The lowest BCUT2D eigenvalue weighted by atomic mass is 10.3. The summed E-state index contributed by atoms with van der Waals surface area (Å²) >= 11 is 3.24. The molecule has 0 aliphatic rings. The highest BCUT2D eigenvalue weighted by Crippen LogP contribution is 2.26. The number of pyridine rings is 1. The molecule has 0 aliphatic heterocycles. The van der Waals surface area contributed by atoms with Crippen molar-refractivity contribution in [2.45, 2.75) is 11.8 Å². The molecule has 0 saturated carbocycles. The van der Waals surface area contributed by atoms with Gasteiger partial charge in [0.05, 0.1) is 18.5 Å². The molecule has 5 nitrogen and oxygen atoms in total. The third-order valence-electron chi connectivity index (χ3n) is 2.65. The molecule has 0 amide bonds. The van der Waals surface area contributed by atoms with Gasteiger partial charge in [0.15, 0.2) is 0 Å². The predicted molar refractivity (Wildman–Crippen MR) is 80.5 cm³/mol. The van der Waals surface area contributed by atoms with Crippen LogP contribution in [0.4, 0.5) is 5.69 Å². The first kappa shape index (κ1) is 14.8. The molecule has 0 radical (unpaired) electrons. The third-order valence-corrected chi connectivity index (χ3v) is 4.50. The van der Waals surface area contributed by atoms with Crippen molar-refractivity contribution in [3.63, 3.8) is 0 Å². The Morgan fingerprint density at radius 3 is 2.55 bits per heavy atom. The van der Waals surface area contributed by atoms with Gasteiger partial charge in [-0.3, -0.25) is 4.72 Å². The lowest BCUT2D eigenvalue weighted by Gasteiger charge is -2.12. The van der Waals surface area contributed by atoms with E-state index in [1.165, 1.54) is 13.2 Å². The molecule has 0 unspecified atom stereocenters. The SMILES string of the molecule is COc1ccccc1S(=O)(=O)Nc1ccc(Br)nc1C. The Bertz CT molecular complexity index is 732. The van der Waals surface area contributed by atoms with E-state index in [9.17, 15) is 8.42 Å². The van der Waals surface area contributed by atoms with Crippen molar-refractivity contribution >= 4 is 31.6 Å². The van der Waals surface area contributed by atoms with Gasteiger partial charge in [-0.25, -0.2) is 13.4 Å². The highest BCUT2D eigenvalue weighted by molar-refractivity contribution is 9.10. The van der Waals surface area contributed by atoms with Crippen molar-refractivity contribution in [3.05, 3.63) is 46.7 Å². The minimum absolute atomic E-state index is 0.0878. The zero-order chi connectivity index (χ0) is 14.8. The Morgan fingerprint density at radius 1 is 1.20 bits per heavy atom. The highest BCUT2D eigenvalue weighted by Gasteiger charge is 2.20. The molecule has 1 aromatic heterocycles. The summed E-state index contributed by atoms with van der Waals surface area (Å²) in [7, 11) is -2.29. The Morgan fingerprint density at radius 2 is 1.90 bits per heavy atom. The fourth-order valence-corrected chi connectivity index (χ4v) is 3.37. The zero-order valence-electron chi connectivity index (χ0n) is 10.9. The van der Waals surface area contributed by atoms with E-state index in [1.54, 1.807) is 37.3 Å². The molecule has 20 heavy (non-hydrogen) atoms. The van der Waals surface area contributed by atoms with Crippen molar-refractivity contribution in [1.29, 1.82) is 0 Å². The zero-order valence-corrected chi connectivity index (χ0v) is 13.3. The third kappa shape index (κ3) is 3.10. The van der Waals surface area contributed by atoms with Crippen molar-refractivity contribution in [1.82, 2.24) is 4.98 Å². The Labute approximate surface area is 126 Å². The summed E-state index contributed by atoms with van der Waals surface area (Å²) in [5.41, 5.74) is 1.01. The molecule has 2 aromatic rings. The quantitative estimate of drug-likeness (QED) is 0.855. The van der Waals surface area contributed by atoms with Crippen LogP contribution in [0.1, 0.15) is 5.69 Å². The molecule has 0 atom stereocenters. The monoisotopic (exact) mass is 356 g/mol. The lowest BCUT2D eigenvalue weighted by Crippen LogP contribution is -2.15. The summed E-state index contributed by atoms with van der Waals surface area (Å²) < 4.78 is 33.0. The standard InChI is InChI=1S/C13H13BrN2O3S/c1-9-10(7-8-13(14)15-9)16-20(17,18)12-6-4-3-5-11(12)19-2/h3-8,16H,1-2H3. The predicted octanol–water partition coefficient (Wildman–Crippen LogP) is 2.96. The fraction of sp³-hybridized carbons (Fsp3) is 0.154. The number of anilines is 1. The van der Waals surface area contributed by atoms with E-state index in [-0.39, 0.29) is 4.90 Å². The van der Waals surface area contributed by atoms with Crippen LogP contribution in [0, 0.1) is 6.92 Å². The second kappa shape index (κ2) is 5.80. The van der Waals surface area contributed by atoms with E-state index in [2.05, 4.69) is 25.6 Å². The van der Waals surface area contributed by atoms with Gasteiger partial charge in [-0.1, -0.05) is 12.1 Å². The van der Waals surface area contributed by atoms with E-state index < -0.39 is 10.0 Å². The number of aromatic nitrogens is 1. The van der Waals surface area contributed by atoms with Crippen molar-refractivity contribution in [2.75, 3.05) is 11.8 Å². The van der Waals surface area contributed by atoms with Crippen LogP contribution in [0.15, 0.2) is 45.9 Å². The summed E-state index contributed by atoms with van der Waals surface area (Å²) in [6.07, 6.45) is 0. The van der Waals surface area contributed by atoms with Gasteiger partial charge >= 0.3 is 0 Å². The van der Waals surface area contributed by atoms with Crippen LogP contribution in [0.5, 0.6) is 5.75 Å². The molecular weight excluding hydrogens is 344 g/mol. The average molecular weight is 357 g/mol. The minimum atomic E-state index is -3.72. The van der Waals surface area contributed by atoms with Crippen LogP contribution in [-0.4, -0.2) is 20.5 Å². The molecule has 1 heterocycles. The van der Waals surface area contributed by atoms with Crippen LogP contribution in [0.3, 0.4) is 0 Å².